The van der Waals surface area contributed by atoms with Crippen LogP contribution in [-0.4, -0.2) is 31.3 Å². The van der Waals surface area contributed by atoms with Crippen LogP contribution in [0.2, 0.25) is 5.02 Å². The highest BCUT2D eigenvalue weighted by Crippen LogP contribution is 2.43. The molecule has 1 heterocycles. The van der Waals surface area contributed by atoms with Crippen molar-refractivity contribution in [2.24, 2.45) is 5.41 Å². The maximum absolute atomic E-state index is 13.1. The van der Waals surface area contributed by atoms with Gasteiger partial charge in [-0.15, -0.1) is 5.10 Å². The van der Waals surface area contributed by atoms with Crippen molar-refractivity contribution >= 4 is 17.6 Å². The van der Waals surface area contributed by atoms with Gasteiger partial charge in [-0.2, -0.15) is 0 Å². The number of benzene rings is 1. The molecule has 0 bridgehead atoms. The molecule has 1 saturated carbocycles. The van der Waals surface area contributed by atoms with E-state index in [2.05, 4.69) is 15.5 Å². The lowest BCUT2D eigenvalue weighted by Gasteiger charge is -2.37. The number of halogens is 2. The van der Waals surface area contributed by atoms with E-state index in [0.717, 1.165) is 6.42 Å². The molecular formula is C13H12ClFN4O2. The van der Waals surface area contributed by atoms with Gasteiger partial charge in [-0.1, -0.05) is 18.0 Å². The lowest BCUT2D eigenvalue weighted by atomic mass is 9.69. The lowest BCUT2D eigenvalue weighted by molar-refractivity contribution is -0.156. The number of rotatable bonds is 4. The Morgan fingerprint density at radius 2 is 2.24 bits per heavy atom. The van der Waals surface area contributed by atoms with Crippen LogP contribution in [0.5, 0.6) is 0 Å². The van der Waals surface area contributed by atoms with Gasteiger partial charge in [0, 0.05) is 5.56 Å². The summed E-state index contributed by atoms with van der Waals surface area (Å²) in [7, 11) is 0. The first-order valence-corrected chi connectivity index (χ1v) is 6.85. The first-order chi connectivity index (χ1) is 10.0. The highest BCUT2D eigenvalue weighted by atomic mass is 35.5. The average Bonchev–Trinajstić information content (AvgIpc) is 2.81. The van der Waals surface area contributed by atoms with E-state index in [1.807, 2.05) is 0 Å². The van der Waals surface area contributed by atoms with Crippen LogP contribution in [0.3, 0.4) is 0 Å². The predicted molar refractivity (Wildman–Crippen MR) is 72.1 cm³/mol. The van der Waals surface area contributed by atoms with Crippen LogP contribution in [-0.2, 0) is 11.3 Å². The van der Waals surface area contributed by atoms with Gasteiger partial charge in [-0.3, -0.25) is 4.79 Å². The molecule has 0 unspecified atom stereocenters. The minimum atomic E-state index is -0.847. The first kappa shape index (κ1) is 13.9. The standard InChI is InChI=1S/C13H12ClFN4O2/c14-10-6-8(15)2-3-9(10)11-16-17-18-19(11)7-13(12(20)21)4-1-5-13/h2-3,6H,1,4-5,7H2,(H,20,21). The molecule has 6 nitrogen and oxygen atoms in total. The molecule has 110 valence electrons. The fraction of sp³-hybridized carbons (Fsp3) is 0.385. The second-order valence-corrected chi connectivity index (χ2v) is 5.63. The Morgan fingerprint density at radius 1 is 1.48 bits per heavy atom. The largest absolute Gasteiger partial charge is 0.481 e. The third-order valence-electron chi connectivity index (χ3n) is 3.92. The molecule has 0 radical (unpaired) electrons. The summed E-state index contributed by atoms with van der Waals surface area (Å²) in [6.45, 7) is 0.179. The van der Waals surface area contributed by atoms with Crippen molar-refractivity contribution in [2.75, 3.05) is 0 Å². The highest BCUT2D eigenvalue weighted by Gasteiger charge is 2.45. The molecule has 0 amide bonds. The van der Waals surface area contributed by atoms with Gasteiger partial charge in [0.1, 0.15) is 5.82 Å². The Kier molecular flexibility index (Phi) is 3.36. The van der Waals surface area contributed by atoms with Gasteiger partial charge in [0.2, 0.25) is 0 Å². The van der Waals surface area contributed by atoms with Gasteiger partial charge in [-0.05, 0) is 41.5 Å². The zero-order valence-corrected chi connectivity index (χ0v) is 11.7. The maximum atomic E-state index is 13.1. The van der Waals surface area contributed by atoms with Crippen LogP contribution < -0.4 is 0 Å². The zero-order chi connectivity index (χ0) is 15.0. The second kappa shape index (κ2) is 5.07. The van der Waals surface area contributed by atoms with E-state index >= 15 is 0 Å². The van der Waals surface area contributed by atoms with Crippen LogP contribution >= 0.6 is 11.6 Å². The van der Waals surface area contributed by atoms with Gasteiger partial charge in [-0.25, -0.2) is 9.07 Å². The average molecular weight is 311 g/mol. The monoisotopic (exact) mass is 310 g/mol. The molecule has 1 aromatic heterocycles. The summed E-state index contributed by atoms with van der Waals surface area (Å²) >= 11 is 6.01. The van der Waals surface area contributed by atoms with Crippen LogP contribution in [0.1, 0.15) is 19.3 Å². The minimum absolute atomic E-state index is 0.179. The van der Waals surface area contributed by atoms with Crippen molar-refractivity contribution in [3.8, 4) is 11.4 Å². The molecule has 1 aliphatic carbocycles. The van der Waals surface area contributed by atoms with Crippen molar-refractivity contribution in [3.05, 3.63) is 29.0 Å². The van der Waals surface area contributed by atoms with E-state index in [-0.39, 0.29) is 11.6 Å². The SMILES string of the molecule is O=C(O)C1(Cn2nnnc2-c2ccc(F)cc2Cl)CCC1. The smallest absolute Gasteiger partial charge is 0.311 e. The number of hydrogen-bond acceptors (Lipinski definition) is 4. The van der Waals surface area contributed by atoms with Crippen LogP contribution in [0.4, 0.5) is 4.39 Å². The van der Waals surface area contributed by atoms with Gasteiger partial charge in [0.15, 0.2) is 5.82 Å². The normalized spacial score (nSPS) is 16.5. The highest BCUT2D eigenvalue weighted by molar-refractivity contribution is 6.33. The maximum Gasteiger partial charge on any atom is 0.311 e. The van der Waals surface area contributed by atoms with E-state index in [1.165, 1.54) is 22.9 Å². The molecule has 0 aliphatic heterocycles. The van der Waals surface area contributed by atoms with E-state index in [9.17, 15) is 14.3 Å². The number of tetrazole rings is 1. The molecule has 21 heavy (non-hydrogen) atoms. The first-order valence-electron chi connectivity index (χ1n) is 6.47. The number of aliphatic carboxylic acids is 1. The van der Waals surface area contributed by atoms with E-state index in [4.69, 9.17) is 11.6 Å². The van der Waals surface area contributed by atoms with E-state index in [1.54, 1.807) is 0 Å². The van der Waals surface area contributed by atoms with Gasteiger partial charge >= 0.3 is 5.97 Å². The Bertz CT molecular complexity index is 699. The molecule has 2 aromatic rings. The zero-order valence-electron chi connectivity index (χ0n) is 11.0. The van der Waals surface area contributed by atoms with Crippen molar-refractivity contribution < 1.29 is 14.3 Å². The fourth-order valence-corrected chi connectivity index (χ4v) is 2.76. The van der Waals surface area contributed by atoms with Crippen molar-refractivity contribution in [1.82, 2.24) is 20.2 Å². The summed E-state index contributed by atoms with van der Waals surface area (Å²) in [6.07, 6.45) is 2.07. The van der Waals surface area contributed by atoms with Crippen molar-refractivity contribution in [2.45, 2.75) is 25.8 Å². The van der Waals surface area contributed by atoms with Crippen LogP contribution in [0.15, 0.2) is 18.2 Å². The molecule has 0 spiro atoms. The summed E-state index contributed by atoms with van der Waals surface area (Å²) in [6, 6.07) is 3.91. The van der Waals surface area contributed by atoms with Gasteiger partial charge < -0.3 is 5.11 Å². The number of hydrogen-bond donors (Lipinski definition) is 1. The number of nitrogens with zero attached hydrogens (tertiary/aromatic N) is 4. The third kappa shape index (κ3) is 2.37. The van der Waals surface area contributed by atoms with Crippen molar-refractivity contribution in [1.29, 1.82) is 0 Å². The molecule has 1 aromatic carbocycles. The number of carboxylic acid groups (broad SMARTS) is 1. The Morgan fingerprint density at radius 3 is 2.81 bits per heavy atom. The number of carbonyl (C=O) groups is 1. The quantitative estimate of drug-likeness (QED) is 0.937. The lowest BCUT2D eigenvalue weighted by Crippen LogP contribution is -2.42. The fourth-order valence-electron chi connectivity index (χ4n) is 2.50. The molecule has 1 aliphatic rings. The van der Waals surface area contributed by atoms with Crippen LogP contribution in [0.25, 0.3) is 11.4 Å². The summed E-state index contributed by atoms with van der Waals surface area (Å²) < 4.78 is 14.5. The topological polar surface area (TPSA) is 80.9 Å². The van der Waals surface area contributed by atoms with Gasteiger partial charge in [0.05, 0.1) is 17.0 Å². The summed E-state index contributed by atoms with van der Waals surface area (Å²) in [5.41, 5.74) is -0.348. The predicted octanol–water partition coefficient (Wildman–Crippen LogP) is 2.39. The van der Waals surface area contributed by atoms with Crippen LogP contribution in [0, 0.1) is 11.2 Å². The van der Waals surface area contributed by atoms with Crippen molar-refractivity contribution in [3.63, 3.8) is 0 Å². The number of aromatic nitrogens is 4. The summed E-state index contributed by atoms with van der Waals surface area (Å²) in [4.78, 5) is 11.4. The Balaban J connectivity index is 1.96. The molecule has 0 saturated heterocycles. The second-order valence-electron chi connectivity index (χ2n) is 5.22. The minimum Gasteiger partial charge on any atom is -0.481 e. The van der Waals surface area contributed by atoms with E-state index < -0.39 is 17.2 Å². The molecule has 8 heteroatoms. The summed E-state index contributed by atoms with van der Waals surface area (Å²) in [5.74, 6) is -0.961. The van der Waals surface area contributed by atoms with Gasteiger partial charge in [0.25, 0.3) is 0 Å². The third-order valence-corrected chi connectivity index (χ3v) is 4.23. The molecular weight excluding hydrogens is 299 g/mol. The number of carboxylic acids is 1. The molecule has 0 atom stereocenters. The van der Waals surface area contributed by atoms with E-state index in [0.29, 0.717) is 24.2 Å². The molecule has 1 fully saturated rings. The summed E-state index contributed by atoms with van der Waals surface area (Å²) in [5, 5.41) is 20.9. The Labute approximate surface area is 124 Å². The molecule has 1 N–H and O–H groups in total. The molecule has 3 rings (SSSR count). The Hall–Kier alpha value is -2.02.